The fourth-order valence-corrected chi connectivity index (χ4v) is 1.62. The van der Waals surface area contributed by atoms with Crippen LogP contribution in [0.25, 0.3) is 0 Å². The van der Waals surface area contributed by atoms with Crippen LogP contribution < -0.4 is 5.73 Å². The third kappa shape index (κ3) is 3.52. The number of hydrogen-bond acceptors (Lipinski definition) is 2. The van der Waals surface area contributed by atoms with Crippen LogP contribution in [-0.4, -0.2) is 20.2 Å². The Hall–Kier alpha value is -1.09. The van der Waals surface area contributed by atoms with E-state index in [-0.39, 0.29) is 18.0 Å². The minimum Gasteiger partial charge on any atom is -0.330 e. The first kappa shape index (κ1) is 12.0. The molecule has 15 heavy (non-hydrogen) atoms. The van der Waals surface area contributed by atoms with Gasteiger partial charge in [0.2, 0.25) is 0 Å². The number of aryl methyl sites for hydroxylation is 1. The largest absolute Gasteiger partial charge is 0.330 e. The van der Waals surface area contributed by atoms with Crippen LogP contribution >= 0.6 is 0 Å². The van der Waals surface area contributed by atoms with Crippen LogP contribution in [0.15, 0.2) is 24.3 Å². The lowest BCUT2D eigenvalue weighted by atomic mass is 9.88. The van der Waals surface area contributed by atoms with Gasteiger partial charge in [0, 0.05) is 12.3 Å². The summed E-state index contributed by atoms with van der Waals surface area (Å²) in [6, 6.07) is 8.09. The van der Waals surface area contributed by atoms with Crippen LogP contribution in [0.4, 0.5) is 0 Å². The van der Waals surface area contributed by atoms with Crippen molar-refractivity contribution < 1.29 is 4.79 Å². The monoisotopic (exact) mass is 201 g/mol. The van der Waals surface area contributed by atoms with E-state index in [1.165, 1.54) is 5.56 Å². The minimum atomic E-state index is 0.0620. The Morgan fingerprint density at radius 1 is 1.53 bits per heavy atom. The molecule has 0 aromatic heterocycles. The first-order valence-electron chi connectivity index (χ1n) is 5.15. The van der Waals surface area contributed by atoms with Gasteiger partial charge in [0.25, 0.3) is 0 Å². The van der Waals surface area contributed by atoms with Crippen molar-refractivity contribution >= 4 is 13.6 Å². The fraction of sp³-hybridized carbons (Fsp3) is 0.417. The Labute approximate surface area is 92.3 Å². The van der Waals surface area contributed by atoms with Crippen LogP contribution in [-0.2, 0) is 4.79 Å². The molecule has 1 atom stereocenters. The average molecular weight is 201 g/mol. The highest BCUT2D eigenvalue weighted by Gasteiger charge is 2.13. The molecule has 1 aromatic rings. The van der Waals surface area contributed by atoms with Crippen molar-refractivity contribution in [3.8, 4) is 0 Å². The van der Waals surface area contributed by atoms with Crippen molar-refractivity contribution in [1.29, 1.82) is 0 Å². The molecule has 0 saturated carbocycles. The van der Waals surface area contributed by atoms with Gasteiger partial charge in [-0.15, -0.1) is 0 Å². The number of rotatable bonds is 5. The second-order valence-electron chi connectivity index (χ2n) is 3.79. The molecule has 2 N–H and O–H groups in total. The van der Waals surface area contributed by atoms with Gasteiger partial charge in [0.1, 0.15) is 5.78 Å². The van der Waals surface area contributed by atoms with Gasteiger partial charge in [-0.3, -0.25) is 0 Å². The minimum absolute atomic E-state index is 0.0620. The van der Waals surface area contributed by atoms with E-state index in [1.54, 1.807) is 0 Å². The van der Waals surface area contributed by atoms with E-state index >= 15 is 0 Å². The Morgan fingerprint density at radius 3 is 2.80 bits per heavy atom. The number of ketones is 1. The van der Waals surface area contributed by atoms with E-state index < -0.39 is 0 Å². The number of benzene rings is 1. The predicted molar refractivity (Wildman–Crippen MR) is 63.2 cm³/mol. The lowest BCUT2D eigenvalue weighted by Gasteiger charge is -2.14. The van der Waals surface area contributed by atoms with Crippen LogP contribution in [0.1, 0.15) is 23.5 Å². The first-order chi connectivity index (χ1) is 7.17. The van der Waals surface area contributed by atoms with E-state index in [4.69, 9.17) is 13.6 Å². The molecule has 1 unspecified atom stereocenters. The van der Waals surface area contributed by atoms with E-state index in [1.807, 2.05) is 25.1 Å². The molecule has 1 rings (SSSR count). The highest BCUT2D eigenvalue weighted by molar-refractivity contribution is 6.20. The molecule has 0 bridgehead atoms. The zero-order valence-corrected chi connectivity index (χ0v) is 9.07. The van der Waals surface area contributed by atoms with Crippen molar-refractivity contribution in [3.05, 3.63) is 35.4 Å². The number of carbonyl (C=O) groups is 1. The highest BCUT2D eigenvalue weighted by atomic mass is 16.1. The van der Waals surface area contributed by atoms with Gasteiger partial charge in [-0.05, 0) is 25.4 Å². The van der Waals surface area contributed by atoms with Gasteiger partial charge in [0.05, 0.1) is 7.85 Å². The average Bonchev–Trinajstić information content (AvgIpc) is 2.25. The standard InChI is InChI=1S/C12H16BNO/c1-9-3-2-4-10(5-9)11(8-14)6-12(15)7-13/h2-5,11H,6-8,14H2,1H3. The first-order valence-corrected chi connectivity index (χ1v) is 5.15. The second-order valence-corrected chi connectivity index (χ2v) is 3.79. The smallest absolute Gasteiger partial charge is 0.125 e. The molecule has 0 fully saturated rings. The predicted octanol–water partition coefficient (Wildman–Crippen LogP) is 1.58. The molecule has 1 aromatic carbocycles. The van der Waals surface area contributed by atoms with Crippen LogP contribution in [0.2, 0.25) is 6.32 Å². The molecule has 0 saturated heterocycles. The van der Waals surface area contributed by atoms with Gasteiger partial charge in [-0.25, -0.2) is 0 Å². The van der Waals surface area contributed by atoms with Crippen LogP contribution in [0.5, 0.6) is 0 Å². The van der Waals surface area contributed by atoms with E-state index in [2.05, 4.69) is 6.07 Å². The Kier molecular flexibility index (Phi) is 4.57. The number of hydrogen-bond donors (Lipinski definition) is 1. The third-order valence-electron chi connectivity index (χ3n) is 2.50. The summed E-state index contributed by atoms with van der Waals surface area (Å²) in [5, 5.41) is 0. The highest BCUT2D eigenvalue weighted by Crippen LogP contribution is 2.20. The number of nitrogens with two attached hydrogens (primary N) is 1. The Bertz CT molecular complexity index is 338. The van der Waals surface area contributed by atoms with E-state index in [9.17, 15) is 4.79 Å². The van der Waals surface area contributed by atoms with Gasteiger partial charge >= 0.3 is 0 Å². The summed E-state index contributed by atoms with van der Waals surface area (Å²) in [6.07, 6.45) is 0.540. The normalized spacial score (nSPS) is 12.4. The molecular formula is C12H16BNO. The number of Topliss-reactive ketones (excluding diaryl/α,β-unsaturated/α-hetero) is 1. The van der Waals surface area contributed by atoms with E-state index in [0.29, 0.717) is 13.0 Å². The molecule has 0 aliphatic heterocycles. The summed E-state index contributed by atoms with van der Waals surface area (Å²) in [5.74, 6) is 0.160. The SMILES string of the molecule is [B]CC(=O)CC(CN)c1cccc(C)c1. The van der Waals surface area contributed by atoms with Gasteiger partial charge in [-0.2, -0.15) is 0 Å². The topological polar surface area (TPSA) is 43.1 Å². The number of carbonyl (C=O) groups excluding carboxylic acids is 1. The Morgan fingerprint density at radius 2 is 2.27 bits per heavy atom. The fourth-order valence-electron chi connectivity index (χ4n) is 1.62. The van der Waals surface area contributed by atoms with Crippen molar-refractivity contribution in [2.45, 2.75) is 25.6 Å². The summed E-state index contributed by atoms with van der Waals surface area (Å²) in [5.41, 5.74) is 7.98. The van der Waals surface area contributed by atoms with Crippen molar-refractivity contribution in [3.63, 3.8) is 0 Å². The van der Waals surface area contributed by atoms with Crippen molar-refractivity contribution in [2.75, 3.05) is 6.54 Å². The summed E-state index contributed by atoms with van der Waals surface area (Å²) in [7, 11) is 5.29. The quantitative estimate of drug-likeness (QED) is 0.735. The van der Waals surface area contributed by atoms with E-state index in [0.717, 1.165) is 5.56 Å². The molecule has 78 valence electrons. The summed E-state index contributed by atoms with van der Waals surface area (Å²) < 4.78 is 0. The van der Waals surface area contributed by atoms with Crippen LogP contribution in [0.3, 0.4) is 0 Å². The summed E-state index contributed by atoms with van der Waals surface area (Å²) in [6.45, 7) is 2.51. The zero-order chi connectivity index (χ0) is 11.3. The molecule has 0 spiro atoms. The van der Waals surface area contributed by atoms with Crippen molar-refractivity contribution in [2.24, 2.45) is 5.73 Å². The molecule has 0 amide bonds. The Balaban J connectivity index is 2.78. The maximum Gasteiger partial charge on any atom is 0.125 e. The van der Waals surface area contributed by atoms with Gasteiger partial charge in [0.15, 0.2) is 0 Å². The third-order valence-corrected chi connectivity index (χ3v) is 2.50. The van der Waals surface area contributed by atoms with Crippen molar-refractivity contribution in [1.82, 2.24) is 0 Å². The van der Waals surface area contributed by atoms with Crippen LogP contribution in [0, 0.1) is 6.92 Å². The molecule has 3 heteroatoms. The molecule has 0 heterocycles. The zero-order valence-electron chi connectivity index (χ0n) is 9.07. The summed E-state index contributed by atoms with van der Waals surface area (Å²) in [4.78, 5) is 11.3. The molecule has 0 aliphatic rings. The lowest BCUT2D eigenvalue weighted by molar-refractivity contribution is -0.117. The van der Waals surface area contributed by atoms with Gasteiger partial charge in [-0.1, -0.05) is 29.8 Å². The molecule has 2 radical (unpaired) electrons. The second kappa shape index (κ2) is 5.71. The lowest BCUT2D eigenvalue weighted by Crippen LogP contribution is -2.16. The molecule has 2 nitrogen and oxygen atoms in total. The summed E-state index contributed by atoms with van der Waals surface area (Å²) >= 11 is 0. The molecule has 0 aliphatic carbocycles. The maximum absolute atomic E-state index is 11.3. The molecular weight excluding hydrogens is 185 g/mol. The van der Waals surface area contributed by atoms with Gasteiger partial charge < -0.3 is 10.5 Å². The maximum atomic E-state index is 11.3.